The maximum absolute atomic E-state index is 6.45. The van der Waals surface area contributed by atoms with Crippen molar-refractivity contribution < 1.29 is 4.42 Å². The first kappa shape index (κ1) is 32.7. The Hall–Kier alpha value is -7.54. The van der Waals surface area contributed by atoms with Crippen molar-refractivity contribution in [3.8, 4) is 56.5 Å². The van der Waals surface area contributed by atoms with Crippen molar-refractivity contribution in [1.82, 2.24) is 19.9 Å². The van der Waals surface area contributed by atoms with Gasteiger partial charge in [-0.15, -0.1) is 11.3 Å². The van der Waals surface area contributed by atoms with Gasteiger partial charge in [0.05, 0.1) is 16.8 Å². The van der Waals surface area contributed by atoms with Crippen LogP contribution >= 0.6 is 11.3 Å². The first-order valence-electron chi connectivity index (χ1n) is 19.3. The summed E-state index contributed by atoms with van der Waals surface area (Å²) in [5.74, 6) is 1.77. The van der Waals surface area contributed by atoms with Gasteiger partial charge in [-0.3, -0.25) is 0 Å². The Labute approximate surface area is 336 Å². The molecule has 58 heavy (non-hydrogen) atoms. The highest BCUT2D eigenvalue weighted by Crippen LogP contribution is 2.46. The van der Waals surface area contributed by atoms with Crippen molar-refractivity contribution in [1.29, 1.82) is 0 Å². The Bertz CT molecular complexity index is 3570. The summed E-state index contributed by atoms with van der Waals surface area (Å²) in [7, 11) is 0. The van der Waals surface area contributed by atoms with E-state index in [-0.39, 0.29) is 0 Å². The van der Waals surface area contributed by atoms with Crippen LogP contribution in [0.25, 0.3) is 120 Å². The molecular formula is C52H30N4OS. The van der Waals surface area contributed by atoms with Gasteiger partial charge in [-0.1, -0.05) is 158 Å². The SMILES string of the molecule is c1ccc(-c2nc(-c3cccc(-c4cccc5c4sc4c5ccc5c(-c6ccccc6)nc6ccccc6c54)c3)nc(-c3cccc4c3oc3ccccc34)n2)cc1. The van der Waals surface area contributed by atoms with Gasteiger partial charge in [-0.2, -0.15) is 0 Å². The minimum absolute atomic E-state index is 0.564. The topological polar surface area (TPSA) is 64.7 Å². The molecule has 5 nitrogen and oxygen atoms in total. The minimum atomic E-state index is 0.564. The third-order valence-corrected chi connectivity index (χ3v) is 12.4. The number of pyridine rings is 1. The predicted octanol–water partition coefficient (Wildman–Crippen LogP) is 14.2. The molecule has 0 amide bonds. The van der Waals surface area contributed by atoms with Gasteiger partial charge in [0.25, 0.3) is 0 Å². The van der Waals surface area contributed by atoms with E-state index in [1.165, 1.54) is 31.1 Å². The highest BCUT2D eigenvalue weighted by Gasteiger charge is 2.20. The van der Waals surface area contributed by atoms with Crippen molar-refractivity contribution >= 4 is 75.1 Å². The Morgan fingerprint density at radius 3 is 1.79 bits per heavy atom. The van der Waals surface area contributed by atoms with Crippen LogP contribution in [-0.4, -0.2) is 19.9 Å². The second-order valence-corrected chi connectivity index (χ2v) is 15.5. The van der Waals surface area contributed by atoms with Gasteiger partial charge >= 0.3 is 0 Å². The largest absolute Gasteiger partial charge is 0.455 e. The van der Waals surface area contributed by atoms with Gasteiger partial charge < -0.3 is 4.42 Å². The van der Waals surface area contributed by atoms with E-state index in [1.807, 2.05) is 72.0 Å². The zero-order valence-corrected chi connectivity index (χ0v) is 31.7. The van der Waals surface area contributed by atoms with Crippen LogP contribution in [0.3, 0.4) is 0 Å². The van der Waals surface area contributed by atoms with Crippen molar-refractivity contribution in [3.05, 3.63) is 182 Å². The van der Waals surface area contributed by atoms with Gasteiger partial charge in [0, 0.05) is 63.8 Å². The maximum atomic E-state index is 6.45. The quantitative estimate of drug-likeness (QED) is 0.164. The van der Waals surface area contributed by atoms with Gasteiger partial charge in [-0.25, -0.2) is 19.9 Å². The van der Waals surface area contributed by atoms with Gasteiger partial charge in [0.15, 0.2) is 17.5 Å². The fraction of sp³-hybridized carbons (Fsp3) is 0. The van der Waals surface area contributed by atoms with Gasteiger partial charge in [0.1, 0.15) is 11.2 Å². The lowest BCUT2D eigenvalue weighted by Gasteiger charge is -2.11. The van der Waals surface area contributed by atoms with Crippen LogP contribution < -0.4 is 0 Å². The minimum Gasteiger partial charge on any atom is -0.455 e. The van der Waals surface area contributed by atoms with E-state index in [9.17, 15) is 0 Å². The second-order valence-electron chi connectivity index (χ2n) is 14.5. The van der Waals surface area contributed by atoms with Gasteiger partial charge in [-0.05, 0) is 35.4 Å². The summed E-state index contributed by atoms with van der Waals surface area (Å²) in [5, 5.41) is 8.14. The number of thiophene rings is 1. The molecule has 0 unspecified atom stereocenters. The van der Waals surface area contributed by atoms with Crippen LogP contribution in [0.1, 0.15) is 0 Å². The van der Waals surface area contributed by atoms with E-state index in [2.05, 4.69) is 121 Å². The molecule has 0 saturated heterocycles. The highest BCUT2D eigenvalue weighted by molar-refractivity contribution is 7.27. The monoisotopic (exact) mass is 758 g/mol. The number of fused-ring (bicyclic) bond motifs is 10. The van der Waals surface area contributed by atoms with Crippen LogP contribution in [-0.2, 0) is 0 Å². The molecule has 0 spiro atoms. The van der Waals surface area contributed by atoms with Crippen molar-refractivity contribution in [2.45, 2.75) is 0 Å². The molecule has 4 aromatic heterocycles. The average molecular weight is 759 g/mol. The zero-order chi connectivity index (χ0) is 38.2. The first-order chi connectivity index (χ1) is 28.7. The number of aromatic nitrogens is 4. The van der Waals surface area contributed by atoms with E-state index in [0.29, 0.717) is 17.5 Å². The Morgan fingerprint density at radius 1 is 0.362 bits per heavy atom. The van der Waals surface area contributed by atoms with E-state index < -0.39 is 0 Å². The average Bonchev–Trinajstić information content (AvgIpc) is 3.88. The van der Waals surface area contributed by atoms with Crippen LogP contribution in [0, 0.1) is 0 Å². The fourth-order valence-electron chi connectivity index (χ4n) is 8.42. The molecule has 0 atom stereocenters. The smallest absolute Gasteiger partial charge is 0.167 e. The lowest BCUT2D eigenvalue weighted by Crippen LogP contribution is -2.00. The van der Waals surface area contributed by atoms with E-state index in [1.54, 1.807) is 0 Å². The van der Waals surface area contributed by atoms with Crippen LogP contribution in [0.15, 0.2) is 186 Å². The molecule has 8 aromatic carbocycles. The number of benzene rings is 8. The summed E-state index contributed by atoms with van der Waals surface area (Å²) < 4.78 is 8.95. The lowest BCUT2D eigenvalue weighted by atomic mass is 9.97. The number of nitrogens with zero attached hydrogens (tertiary/aromatic N) is 4. The molecule has 0 aliphatic rings. The van der Waals surface area contributed by atoms with Crippen LogP contribution in [0.2, 0.25) is 0 Å². The third kappa shape index (κ3) is 5.16. The van der Waals surface area contributed by atoms with Crippen molar-refractivity contribution in [2.75, 3.05) is 0 Å². The van der Waals surface area contributed by atoms with Crippen LogP contribution in [0.4, 0.5) is 0 Å². The summed E-state index contributed by atoms with van der Waals surface area (Å²) in [6.45, 7) is 0. The lowest BCUT2D eigenvalue weighted by molar-refractivity contribution is 0.669. The number of hydrogen-bond donors (Lipinski definition) is 0. The van der Waals surface area contributed by atoms with Crippen molar-refractivity contribution in [2.24, 2.45) is 0 Å². The third-order valence-electron chi connectivity index (χ3n) is 11.1. The van der Waals surface area contributed by atoms with E-state index in [4.69, 9.17) is 24.4 Å². The summed E-state index contributed by atoms with van der Waals surface area (Å²) in [4.78, 5) is 20.5. The fourth-order valence-corrected chi connectivity index (χ4v) is 9.82. The highest BCUT2D eigenvalue weighted by atomic mass is 32.1. The molecule has 0 fully saturated rings. The molecule has 270 valence electrons. The maximum Gasteiger partial charge on any atom is 0.167 e. The summed E-state index contributed by atoms with van der Waals surface area (Å²) >= 11 is 1.86. The predicted molar refractivity (Wildman–Crippen MR) is 240 cm³/mol. The molecule has 12 rings (SSSR count). The standard InChI is InChI=1S/C52H30N4OS/c1-3-14-31(15-4-1)46-41-29-28-39-38-24-12-22-35(48(38)58-49(39)45(41)40-21-7-9-26-43(40)53-46)33-18-11-19-34(30-33)51-54-50(32-16-5-2-6-17-32)55-52(56-51)42-25-13-23-37-36-20-8-10-27-44(36)57-47(37)42/h1-30H. The molecule has 0 aliphatic heterocycles. The number of para-hydroxylation sites is 3. The summed E-state index contributed by atoms with van der Waals surface area (Å²) in [5.41, 5.74) is 9.62. The molecular weight excluding hydrogens is 729 g/mol. The molecule has 0 aliphatic carbocycles. The van der Waals surface area contributed by atoms with Gasteiger partial charge in [0.2, 0.25) is 0 Å². The number of rotatable bonds is 5. The molecule has 12 aromatic rings. The second kappa shape index (κ2) is 13.0. The Morgan fingerprint density at radius 2 is 0.948 bits per heavy atom. The van der Waals surface area contributed by atoms with Crippen molar-refractivity contribution in [3.63, 3.8) is 0 Å². The van der Waals surface area contributed by atoms with E-state index in [0.717, 1.165) is 71.7 Å². The Balaban J connectivity index is 1.05. The molecule has 0 bridgehead atoms. The zero-order valence-electron chi connectivity index (χ0n) is 30.9. The molecule has 6 heteroatoms. The number of hydrogen-bond acceptors (Lipinski definition) is 6. The summed E-state index contributed by atoms with van der Waals surface area (Å²) in [6, 6.07) is 63.2. The Kier molecular flexibility index (Phi) is 7.33. The number of furan rings is 1. The molecule has 0 N–H and O–H groups in total. The normalized spacial score (nSPS) is 11.8. The summed E-state index contributed by atoms with van der Waals surface area (Å²) in [6.07, 6.45) is 0. The van der Waals surface area contributed by atoms with E-state index >= 15 is 0 Å². The molecule has 0 saturated carbocycles. The van der Waals surface area contributed by atoms with Crippen LogP contribution in [0.5, 0.6) is 0 Å². The molecule has 0 radical (unpaired) electrons. The molecule has 4 heterocycles. The first-order valence-corrected chi connectivity index (χ1v) is 20.1.